The lowest BCUT2D eigenvalue weighted by molar-refractivity contribution is -0.139. The number of carbonyl (C=O) groups is 2. The summed E-state index contributed by atoms with van der Waals surface area (Å²) >= 11 is 0. The highest BCUT2D eigenvalue weighted by molar-refractivity contribution is 7.89. The average molecular weight is 318 g/mol. The Morgan fingerprint density at radius 1 is 1.29 bits per heavy atom. The van der Waals surface area contributed by atoms with Crippen molar-refractivity contribution in [2.45, 2.75) is 25.7 Å². The number of aromatic nitrogens is 1. The van der Waals surface area contributed by atoms with Crippen LogP contribution in [0.15, 0.2) is 4.90 Å². The molecule has 1 rings (SSSR count). The number of hydrogen-bond acceptors (Lipinski definition) is 6. The first kappa shape index (κ1) is 17.2. The van der Waals surface area contributed by atoms with Crippen LogP contribution in [0.25, 0.3) is 0 Å². The van der Waals surface area contributed by atoms with Gasteiger partial charge in [0, 0.05) is 11.3 Å². The Kier molecular flexibility index (Phi) is 5.50. The van der Waals surface area contributed by atoms with Crippen molar-refractivity contribution in [2.75, 3.05) is 20.3 Å². The third-order valence-corrected chi connectivity index (χ3v) is 4.43. The first-order valence-electron chi connectivity index (χ1n) is 6.17. The molecule has 21 heavy (non-hydrogen) atoms. The molecular formula is C12H18N2O6S. The molecule has 1 aromatic heterocycles. The van der Waals surface area contributed by atoms with E-state index in [-0.39, 0.29) is 28.5 Å². The summed E-state index contributed by atoms with van der Waals surface area (Å²) in [6, 6.07) is 0. The average Bonchev–Trinajstić information content (AvgIpc) is 2.72. The fraction of sp³-hybridized carbons (Fsp3) is 0.500. The van der Waals surface area contributed by atoms with Crippen molar-refractivity contribution in [2.24, 2.45) is 0 Å². The normalized spacial score (nSPS) is 11.2. The van der Waals surface area contributed by atoms with Crippen LogP contribution in [0.1, 0.15) is 28.7 Å². The Morgan fingerprint density at radius 2 is 1.90 bits per heavy atom. The van der Waals surface area contributed by atoms with Crippen molar-refractivity contribution in [3.8, 4) is 0 Å². The highest BCUT2D eigenvalue weighted by Gasteiger charge is 2.27. The summed E-state index contributed by atoms with van der Waals surface area (Å²) in [6.07, 6.45) is 0. The predicted octanol–water partition coefficient (Wildman–Crippen LogP) is 0.260. The molecule has 0 aliphatic heterocycles. The lowest BCUT2D eigenvalue weighted by Gasteiger charge is -2.06. The molecule has 0 amide bonds. The van der Waals surface area contributed by atoms with Crippen LogP contribution in [0.3, 0.4) is 0 Å². The van der Waals surface area contributed by atoms with Crippen molar-refractivity contribution in [3.05, 3.63) is 17.0 Å². The van der Waals surface area contributed by atoms with E-state index in [0.717, 1.165) is 7.11 Å². The van der Waals surface area contributed by atoms with Gasteiger partial charge >= 0.3 is 11.9 Å². The van der Waals surface area contributed by atoms with Crippen LogP contribution in [0.5, 0.6) is 0 Å². The molecular weight excluding hydrogens is 300 g/mol. The molecule has 0 aliphatic carbocycles. The molecule has 0 atom stereocenters. The first-order chi connectivity index (χ1) is 9.74. The largest absolute Gasteiger partial charge is 0.468 e. The van der Waals surface area contributed by atoms with E-state index in [0.29, 0.717) is 0 Å². The molecule has 0 bridgehead atoms. The zero-order valence-electron chi connectivity index (χ0n) is 12.3. The molecule has 0 aliphatic rings. The van der Waals surface area contributed by atoms with Gasteiger partial charge < -0.3 is 14.5 Å². The van der Waals surface area contributed by atoms with Crippen LogP contribution < -0.4 is 4.72 Å². The molecule has 0 saturated carbocycles. The van der Waals surface area contributed by atoms with Gasteiger partial charge in [0.05, 0.1) is 13.7 Å². The fourth-order valence-electron chi connectivity index (χ4n) is 1.84. The quantitative estimate of drug-likeness (QED) is 0.727. The molecule has 0 saturated heterocycles. The lowest BCUT2D eigenvalue weighted by Crippen LogP contribution is -2.30. The molecule has 1 heterocycles. The van der Waals surface area contributed by atoms with Gasteiger partial charge in [-0.2, -0.15) is 4.72 Å². The Hall–Kier alpha value is -1.87. The lowest BCUT2D eigenvalue weighted by atomic mass is 10.2. The van der Waals surface area contributed by atoms with E-state index in [1.807, 2.05) is 0 Å². The first-order valence-corrected chi connectivity index (χ1v) is 7.65. The minimum absolute atomic E-state index is 0.0746. The second-order valence-electron chi connectivity index (χ2n) is 4.20. The third kappa shape index (κ3) is 3.82. The molecule has 0 spiro atoms. The van der Waals surface area contributed by atoms with Crippen LogP contribution in [0, 0.1) is 13.8 Å². The summed E-state index contributed by atoms with van der Waals surface area (Å²) in [7, 11) is -2.79. The number of carbonyl (C=O) groups excluding carboxylic acids is 2. The smallest absolute Gasteiger partial charge is 0.355 e. The molecule has 8 nitrogen and oxygen atoms in total. The summed E-state index contributed by atoms with van der Waals surface area (Å²) in [6.45, 7) is 4.35. The van der Waals surface area contributed by atoms with Gasteiger partial charge in [-0.25, -0.2) is 13.2 Å². The molecule has 0 radical (unpaired) electrons. The molecule has 0 aromatic carbocycles. The van der Waals surface area contributed by atoms with Crippen LogP contribution >= 0.6 is 0 Å². The maximum Gasteiger partial charge on any atom is 0.355 e. The van der Waals surface area contributed by atoms with E-state index in [4.69, 9.17) is 4.74 Å². The SMILES string of the molecule is CCOC(=O)c1[nH]c(C)c(S(=O)(=O)NCC(=O)OC)c1C. The van der Waals surface area contributed by atoms with Gasteiger partial charge in [-0.3, -0.25) is 4.79 Å². The van der Waals surface area contributed by atoms with E-state index < -0.39 is 28.5 Å². The number of ether oxygens (including phenoxy) is 2. The van der Waals surface area contributed by atoms with Gasteiger partial charge in [-0.05, 0) is 20.8 Å². The molecule has 118 valence electrons. The predicted molar refractivity (Wildman–Crippen MR) is 73.4 cm³/mol. The summed E-state index contributed by atoms with van der Waals surface area (Å²) in [5, 5.41) is 0. The fourth-order valence-corrected chi connectivity index (χ4v) is 3.25. The highest BCUT2D eigenvalue weighted by atomic mass is 32.2. The number of methoxy groups -OCH3 is 1. The van der Waals surface area contributed by atoms with Crippen molar-refractivity contribution >= 4 is 22.0 Å². The maximum absolute atomic E-state index is 12.2. The minimum atomic E-state index is -3.94. The van der Waals surface area contributed by atoms with Gasteiger partial charge in [-0.1, -0.05) is 0 Å². The maximum atomic E-state index is 12.2. The topological polar surface area (TPSA) is 115 Å². The van der Waals surface area contributed by atoms with E-state index in [2.05, 4.69) is 14.4 Å². The number of hydrogen-bond donors (Lipinski definition) is 2. The van der Waals surface area contributed by atoms with E-state index in [1.54, 1.807) is 6.92 Å². The summed E-state index contributed by atoms with van der Waals surface area (Å²) in [5.74, 6) is -1.34. The monoisotopic (exact) mass is 318 g/mol. The van der Waals surface area contributed by atoms with Crippen LogP contribution in [-0.4, -0.2) is 45.6 Å². The molecule has 9 heteroatoms. The Labute approximate surface area is 122 Å². The minimum Gasteiger partial charge on any atom is -0.468 e. The van der Waals surface area contributed by atoms with Crippen molar-refractivity contribution in [1.82, 2.24) is 9.71 Å². The van der Waals surface area contributed by atoms with Gasteiger partial charge in [-0.15, -0.1) is 0 Å². The number of aryl methyl sites for hydroxylation is 1. The Bertz CT molecular complexity index is 647. The van der Waals surface area contributed by atoms with Crippen LogP contribution in [-0.2, 0) is 24.3 Å². The van der Waals surface area contributed by atoms with Crippen molar-refractivity contribution in [3.63, 3.8) is 0 Å². The van der Waals surface area contributed by atoms with Gasteiger partial charge in [0.25, 0.3) is 0 Å². The second-order valence-corrected chi connectivity index (χ2v) is 5.90. The molecule has 0 unspecified atom stereocenters. The van der Waals surface area contributed by atoms with Crippen LogP contribution in [0.4, 0.5) is 0 Å². The number of rotatable bonds is 6. The summed E-state index contributed by atoms with van der Waals surface area (Å²) < 4.78 is 35.7. The number of nitrogens with one attached hydrogen (secondary N) is 2. The van der Waals surface area contributed by atoms with Crippen molar-refractivity contribution < 1.29 is 27.5 Å². The van der Waals surface area contributed by atoms with Gasteiger partial charge in [0.15, 0.2) is 0 Å². The Morgan fingerprint density at radius 3 is 2.43 bits per heavy atom. The number of H-pyrrole nitrogens is 1. The second kappa shape index (κ2) is 6.72. The Balaban J connectivity index is 3.13. The summed E-state index contributed by atoms with van der Waals surface area (Å²) in [5.41, 5.74) is 0.601. The van der Waals surface area contributed by atoms with E-state index in [1.165, 1.54) is 13.8 Å². The highest BCUT2D eigenvalue weighted by Crippen LogP contribution is 2.23. The van der Waals surface area contributed by atoms with Gasteiger partial charge in [0.2, 0.25) is 10.0 Å². The molecule has 2 N–H and O–H groups in total. The van der Waals surface area contributed by atoms with Crippen molar-refractivity contribution in [1.29, 1.82) is 0 Å². The zero-order chi connectivity index (χ0) is 16.2. The third-order valence-electron chi connectivity index (χ3n) is 2.75. The summed E-state index contributed by atoms with van der Waals surface area (Å²) in [4.78, 5) is 25.4. The number of aromatic amines is 1. The molecule has 0 fully saturated rings. The molecule has 1 aromatic rings. The number of sulfonamides is 1. The standard InChI is InChI=1S/C12H18N2O6S/c1-5-20-12(16)10-7(2)11(8(3)14-10)21(17,18)13-6-9(15)19-4/h13-14H,5-6H2,1-4H3. The van der Waals surface area contributed by atoms with Gasteiger partial charge in [0.1, 0.15) is 17.1 Å². The zero-order valence-corrected chi connectivity index (χ0v) is 13.1. The number of esters is 2. The van der Waals surface area contributed by atoms with E-state index >= 15 is 0 Å². The van der Waals surface area contributed by atoms with Crippen LogP contribution in [0.2, 0.25) is 0 Å². The van der Waals surface area contributed by atoms with E-state index in [9.17, 15) is 18.0 Å².